The van der Waals surface area contributed by atoms with Crippen molar-refractivity contribution in [2.45, 2.75) is 52.6 Å². The number of hydrogen-bond donors (Lipinski definition) is 1. The number of nitrogens with zero attached hydrogens (tertiary/aromatic N) is 2. The van der Waals surface area contributed by atoms with Crippen molar-refractivity contribution in [1.82, 2.24) is 10.2 Å². The van der Waals surface area contributed by atoms with Gasteiger partial charge >= 0.3 is 0 Å². The molecule has 0 aliphatic rings. The molecule has 0 saturated carbocycles. The molecule has 0 heterocycles. The number of carbonyl (C=O) groups is 2. The van der Waals surface area contributed by atoms with E-state index in [2.05, 4.69) is 5.32 Å². The van der Waals surface area contributed by atoms with E-state index in [-0.39, 0.29) is 49.4 Å². The molecule has 1 atom stereocenters. The second kappa shape index (κ2) is 13.6. The first-order valence-electron chi connectivity index (χ1n) is 12.0. The fourth-order valence-corrected chi connectivity index (χ4v) is 4.86. The van der Waals surface area contributed by atoms with Crippen molar-refractivity contribution in [3.63, 3.8) is 0 Å². The first-order chi connectivity index (χ1) is 16.9. The zero-order valence-corrected chi connectivity index (χ0v) is 22.8. The summed E-state index contributed by atoms with van der Waals surface area (Å²) < 4.78 is 39.9. The first kappa shape index (κ1) is 29.6. The Hall–Kier alpha value is -2.65. The number of halogens is 2. The smallest absolute Gasteiger partial charge is 0.242 e. The molecular formula is C26H35ClFN3O4S. The molecule has 0 radical (unpaired) electrons. The zero-order chi connectivity index (χ0) is 26.9. The Morgan fingerprint density at radius 3 is 2.28 bits per heavy atom. The van der Waals surface area contributed by atoms with Gasteiger partial charge < -0.3 is 10.2 Å². The molecule has 0 aliphatic heterocycles. The maximum atomic E-state index is 14.3. The van der Waals surface area contributed by atoms with E-state index in [1.807, 2.05) is 20.8 Å². The van der Waals surface area contributed by atoms with Crippen molar-refractivity contribution >= 4 is 39.1 Å². The van der Waals surface area contributed by atoms with Crippen molar-refractivity contribution in [2.75, 3.05) is 23.7 Å². The predicted octanol–water partition coefficient (Wildman–Crippen LogP) is 4.60. The Morgan fingerprint density at radius 2 is 1.72 bits per heavy atom. The van der Waals surface area contributed by atoms with E-state index in [1.165, 1.54) is 23.1 Å². The lowest BCUT2D eigenvalue weighted by Gasteiger charge is -2.31. The Morgan fingerprint density at radius 1 is 1.08 bits per heavy atom. The summed E-state index contributed by atoms with van der Waals surface area (Å²) in [6.45, 7) is 6.43. The number of sulfonamides is 1. The van der Waals surface area contributed by atoms with Gasteiger partial charge in [0.1, 0.15) is 11.9 Å². The van der Waals surface area contributed by atoms with Gasteiger partial charge in [0.25, 0.3) is 0 Å². The Balaban J connectivity index is 2.21. The highest BCUT2D eigenvalue weighted by atomic mass is 35.5. The number of rotatable bonds is 13. The van der Waals surface area contributed by atoms with Gasteiger partial charge in [-0.15, -0.1) is 0 Å². The van der Waals surface area contributed by atoms with E-state index in [9.17, 15) is 22.4 Å². The van der Waals surface area contributed by atoms with Crippen LogP contribution in [0, 0.1) is 11.7 Å². The van der Waals surface area contributed by atoms with Crippen LogP contribution < -0.4 is 9.62 Å². The summed E-state index contributed by atoms with van der Waals surface area (Å²) in [6.07, 6.45) is 1.55. The van der Waals surface area contributed by atoms with Crippen LogP contribution in [0.25, 0.3) is 0 Å². The van der Waals surface area contributed by atoms with Crippen molar-refractivity contribution < 1.29 is 22.4 Å². The van der Waals surface area contributed by atoms with E-state index in [1.54, 1.807) is 30.3 Å². The van der Waals surface area contributed by atoms with Gasteiger partial charge in [-0.3, -0.25) is 13.9 Å². The maximum Gasteiger partial charge on any atom is 0.242 e. The highest BCUT2D eigenvalue weighted by Crippen LogP contribution is 2.22. The normalized spacial score (nSPS) is 12.3. The number of hydrogen-bond acceptors (Lipinski definition) is 4. The van der Waals surface area contributed by atoms with Crippen LogP contribution in [0.4, 0.5) is 10.1 Å². The molecule has 36 heavy (non-hydrogen) atoms. The topological polar surface area (TPSA) is 86.8 Å². The minimum absolute atomic E-state index is 0.0119. The number of carbonyl (C=O) groups excluding carboxylic acids is 2. The third-order valence-corrected chi connectivity index (χ3v) is 7.04. The second-order valence-corrected chi connectivity index (χ2v) is 11.4. The monoisotopic (exact) mass is 539 g/mol. The summed E-state index contributed by atoms with van der Waals surface area (Å²) in [6, 6.07) is 11.9. The number of para-hydroxylation sites is 1. The van der Waals surface area contributed by atoms with Gasteiger partial charge in [0.05, 0.1) is 11.9 Å². The van der Waals surface area contributed by atoms with Crippen molar-refractivity contribution in [2.24, 2.45) is 5.92 Å². The van der Waals surface area contributed by atoms with Gasteiger partial charge in [0.15, 0.2) is 0 Å². The average molecular weight is 540 g/mol. The minimum atomic E-state index is -3.77. The standard InChI is InChI=1S/C26H35ClFN3O4S/c1-5-23(26(33)29-17-19(2)3)30(18-20-12-14-21(27)15-13-20)25(32)11-8-16-31(36(4,34)35)24-10-7-6-9-22(24)28/h6-7,9-10,12-15,19,23H,5,8,11,16-18H2,1-4H3,(H,29,33)/t23-/m1/s1. The highest BCUT2D eigenvalue weighted by molar-refractivity contribution is 7.92. The third-order valence-electron chi connectivity index (χ3n) is 5.61. The molecule has 0 aromatic heterocycles. The molecule has 198 valence electrons. The van der Waals surface area contributed by atoms with Gasteiger partial charge in [0.2, 0.25) is 21.8 Å². The van der Waals surface area contributed by atoms with Crippen molar-refractivity contribution in [3.05, 3.63) is 64.9 Å². The molecule has 1 N–H and O–H groups in total. The molecular weight excluding hydrogens is 505 g/mol. The molecule has 0 unspecified atom stereocenters. The third kappa shape index (κ3) is 8.78. The minimum Gasteiger partial charge on any atom is -0.354 e. The lowest BCUT2D eigenvalue weighted by molar-refractivity contribution is -0.141. The first-order valence-corrected chi connectivity index (χ1v) is 14.2. The molecule has 2 aromatic rings. The SMILES string of the molecule is CC[C@H](C(=O)NCC(C)C)N(Cc1ccc(Cl)cc1)C(=O)CCCN(c1ccccc1F)S(C)(=O)=O. The van der Waals surface area contributed by atoms with Crippen molar-refractivity contribution in [1.29, 1.82) is 0 Å². The van der Waals surface area contributed by atoms with E-state index < -0.39 is 21.9 Å². The van der Waals surface area contributed by atoms with Crippen LogP contribution in [0.15, 0.2) is 48.5 Å². The van der Waals surface area contributed by atoms with E-state index in [0.717, 1.165) is 16.1 Å². The van der Waals surface area contributed by atoms with Gasteiger partial charge in [-0.2, -0.15) is 0 Å². The predicted molar refractivity (Wildman–Crippen MR) is 142 cm³/mol. The van der Waals surface area contributed by atoms with Crippen LogP contribution in [0.2, 0.25) is 5.02 Å². The Labute approximate surface area is 218 Å². The molecule has 0 spiro atoms. The number of nitrogens with one attached hydrogen (secondary N) is 1. The molecule has 0 saturated heterocycles. The number of amides is 2. The second-order valence-electron chi connectivity index (χ2n) is 9.10. The maximum absolute atomic E-state index is 14.3. The fraction of sp³-hybridized carbons (Fsp3) is 0.462. The van der Waals surface area contributed by atoms with E-state index in [4.69, 9.17) is 11.6 Å². The fourth-order valence-electron chi connectivity index (χ4n) is 3.76. The number of benzene rings is 2. The van der Waals surface area contributed by atoms with Crippen LogP contribution in [0.1, 0.15) is 45.6 Å². The molecule has 2 amide bonds. The lowest BCUT2D eigenvalue weighted by Crippen LogP contribution is -2.49. The summed E-state index contributed by atoms with van der Waals surface area (Å²) in [4.78, 5) is 27.8. The van der Waals surface area contributed by atoms with Crippen LogP contribution in [0.5, 0.6) is 0 Å². The van der Waals surface area contributed by atoms with Gasteiger partial charge in [-0.05, 0) is 48.6 Å². The highest BCUT2D eigenvalue weighted by Gasteiger charge is 2.29. The largest absolute Gasteiger partial charge is 0.354 e. The van der Waals surface area contributed by atoms with Crippen LogP contribution in [-0.2, 0) is 26.2 Å². The molecule has 0 fully saturated rings. The molecule has 0 aliphatic carbocycles. The molecule has 7 nitrogen and oxygen atoms in total. The lowest BCUT2D eigenvalue weighted by atomic mass is 10.1. The molecule has 10 heteroatoms. The van der Waals surface area contributed by atoms with E-state index in [0.29, 0.717) is 18.0 Å². The average Bonchev–Trinajstić information content (AvgIpc) is 2.81. The summed E-state index contributed by atoms with van der Waals surface area (Å²) in [5, 5.41) is 3.46. The summed E-state index contributed by atoms with van der Waals surface area (Å²) >= 11 is 5.99. The van der Waals surface area contributed by atoms with Crippen LogP contribution in [0.3, 0.4) is 0 Å². The van der Waals surface area contributed by atoms with E-state index >= 15 is 0 Å². The van der Waals surface area contributed by atoms with Crippen molar-refractivity contribution in [3.8, 4) is 0 Å². The van der Waals surface area contributed by atoms with Crippen LogP contribution >= 0.6 is 11.6 Å². The summed E-state index contributed by atoms with van der Waals surface area (Å²) in [7, 11) is -3.77. The van der Waals surface area contributed by atoms with Gasteiger partial charge in [0, 0.05) is 31.1 Å². The van der Waals surface area contributed by atoms with Gasteiger partial charge in [-0.25, -0.2) is 12.8 Å². The Kier molecular flexibility index (Phi) is 11.2. The molecule has 2 aromatic carbocycles. The Bertz CT molecular complexity index is 1130. The summed E-state index contributed by atoms with van der Waals surface area (Å²) in [5.41, 5.74) is 0.747. The quantitative estimate of drug-likeness (QED) is 0.403. The van der Waals surface area contributed by atoms with Gasteiger partial charge in [-0.1, -0.05) is 56.6 Å². The summed E-state index contributed by atoms with van der Waals surface area (Å²) in [5.74, 6) is -0.935. The zero-order valence-electron chi connectivity index (χ0n) is 21.2. The molecule has 0 bridgehead atoms. The van der Waals surface area contributed by atoms with Crippen LogP contribution in [-0.4, -0.2) is 50.5 Å². The molecule has 2 rings (SSSR count). The number of anilines is 1.